The quantitative estimate of drug-likeness (QED) is 0.589. The third-order valence-electron chi connectivity index (χ3n) is 2.22. The Kier molecular flexibility index (Phi) is 4.55. The molecule has 6 heteroatoms. The zero-order valence-electron chi connectivity index (χ0n) is 9.60. The molecule has 94 valence electrons. The van der Waals surface area contributed by atoms with Crippen LogP contribution in [-0.2, 0) is 19.0 Å². The van der Waals surface area contributed by atoms with Gasteiger partial charge in [-0.25, -0.2) is 0 Å². The SMILES string of the molecule is CCOC(=O)C(Cl)C(O)C1COC(C)(C)O1. The van der Waals surface area contributed by atoms with Gasteiger partial charge in [-0.05, 0) is 20.8 Å². The summed E-state index contributed by atoms with van der Waals surface area (Å²) in [5, 5.41) is 8.67. The third kappa shape index (κ3) is 3.31. The van der Waals surface area contributed by atoms with Crippen molar-refractivity contribution in [2.24, 2.45) is 0 Å². The lowest BCUT2D eigenvalue weighted by atomic mass is 10.1. The highest BCUT2D eigenvalue weighted by molar-refractivity contribution is 6.30. The summed E-state index contributed by atoms with van der Waals surface area (Å²) in [6.45, 7) is 5.56. The van der Waals surface area contributed by atoms with Gasteiger partial charge in [-0.1, -0.05) is 0 Å². The number of carbonyl (C=O) groups excluding carboxylic acids is 1. The number of hydrogen-bond donors (Lipinski definition) is 1. The lowest BCUT2D eigenvalue weighted by Crippen LogP contribution is -2.41. The van der Waals surface area contributed by atoms with E-state index in [1.54, 1.807) is 20.8 Å². The molecule has 1 N–H and O–H groups in total. The minimum absolute atomic E-state index is 0.205. The Morgan fingerprint density at radius 3 is 2.75 bits per heavy atom. The first-order chi connectivity index (χ1) is 7.37. The average Bonchev–Trinajstić information content (AvgIpc) is 2.57. The first kappa shape index (κ1) is 13.7. The fourth-order valence-corrected chi connectivity index (χ4v) is 1.66. The van der Waals surface area contributed by atoms with Crippen LogP contribution in [0.5, 0.6) is 0 Å². The Balaban J connectivity index is 2.51. The Hall–Kier alpha value is -0.360. The molecular formula is C10H17ClO5. The molecule has 1 aliphatic heterocycles. The molecule has 1 heterocycles. The zero-order chi connectivity index (χ0) is 12.3. The number of esters is 1. The van der Waals surface area contributed by atoms with E-state index in [2.05, 4.69) is 0 Å². The maximum Gasteiger partial charge on any atom is 0.326 e. The molecule has 1 saturated heterocycles. The largest absolute Gasteiger partial charge is 0.465 e. The van der Waals surface area contributed by atoms with Crippen LogP contribution >= 0.6 is 11.6 Å². The van der Waals surface area contributed by atoms with Crippen molar-refractivity contribution in [2.75, 3.05) is 13.2 Å². The lowest BCUT2D eigenvalue weighted by molar-refractivity contribution is -0.159. The van der Waals surface area contributed by atoms with Crippen LogP contribution in [-0.4, -0.2) is 47.7 Å². The Labute approximate surface area is 99.6 Å². The summed E-state index contributed by atoms with van der Waals surface area (Å²) in [5.74, 6) is -1.40. The maximum atomic E-state index is 11.3. The van der Waals surface area contributed by atoms with Crippen molar-refractivity contribution >= 4 is 17.6 Å². The second-order valence-corrected chi connectivity index (χ2v) is 4.48. The monoisotopic (exact) mass is 252 g/mol. The molecule has 1 rings (SSSR count). The Morgan fingerprint density at radius 2 is 2.31 bits per heavy atom. The molecule has 0 aliphatic carbocycles. The summed E-state index contributed by atoms with van der Waals surface area (Å²) in [6.07, 6.45) is -1.75. The van der Waals surface area contributed by atoms with Gasteiger partial charge in [0, 0.05) is 0 Å². The minimum Gasteiger partial charge on any atom is -0.465 e. The van der Waals surface area contributed by atoms with E-state index >= 15 is 0 Å². The van der Waals surface area contributed by atoms with Crippen molar-refractivity contribution in [1.29, 1.82) is 0 Å². The van der Waals surface area contributed by atoms with Gasteiger partial charge in [0.25, 0.3) is 0 Å². The van der Waals surface area contributed by atoms with Gasteiger partial charge in [0.15, 0.2) is 11.2 Å². The van der Waals surface area contributed by atoms with Crippen molar-refractivity contribution < 1.29 is 24.1 Å². The van der Waals surface area contributed by atoms with Crippen LogP contribution in [0.2, 0.25) is 0 Å². The van der Waals surface area contributed by atoms with E-state index in [-0.39, 0.29) is 13.2 Å². The zero-order valence-corrected chi connectivity index (χ0v) is 10.4. The average molecular weight is 253 g/mol. The molecule has 0 spiro atoms. The van der Waals surface area contributed by atoms with Gasteiger partial charge in [-0.2, -0.15) is 0 Å². The number of aliphatic hydroxyl groups excluding tert-OH is 1. The molecule has 3 unspecified atom stereocenters. The van der Waals surface area contributed by atoms with Gasteiger partial charge in [0.1, 0.15) is 12.2 Å². The topological polar surface area (TPSA) is 65.0 Å². The van der Waals surface area contributed by atoms with Crippen molar-refractivity contribution in [1.82, 2.24) is 0 Å². The highest BCUT2D eigenvalue weighted by atomic mass is 35.5. The molecule has 0 bridgehead atoms. The van der Waals surface area contributed by atoms with E-state index < -0.39 is 29.3 Å². The summed E-state index contributed by atoms with van der Waals surface area (Å²) in [5.41, 5.74) is 0. The van der Waals surface area contributed by atoms with Crippen molar-refractivity contribution in [3.05, 3.63) is 0 Å². The fourth-order valence-electron chi connectivity index (χ4n) is 1.43. The summed E-state index contributed by atoms with van der Waals surface area (Å²) >= 11 is 5.77. The molecule has 16 heavy (non-hydrogen) atoms. The third-order valence-corrected chi connectivity index (χ3v) is 2.66. The number of hydrogen-bond acceptors (Lipinski definition) is 5. The maximum absolute atomic E-state index is 11.3. The highest BCUT2D eigenvalue weighted by Gasteiger charge is 2.41. The van der Waals surface area contributed by atoms with Crippen LogP contribution in [0.25, 0.3) is 0 Å². The van der Waals surface area contributed by atoms with E-state index in [0.29, 0.717) is 0 Å². The first-order valence-corrected chi connectivity index (χ1v) is 5.61. The molecule has 0 aromatic carbocycles. The van der Waals surface area contributed by atoms with Gasteiger partial charge < -0.3 is 19.3 Å². The van der Waals surface area contributed by atoms with Crippen molar-refractivity contribution in [3.63, 3.8) is 0 Å². The predicted molar refractivity (Wildman–Crippen MR) is 57.2 cm³/mol. The second kappa shape index (κ2) is 5.31. The molecule has 5 nitrogen and oxygen atoms in total. The van der Waals surface area contributed by atoms with Crippen LogP contribution in [0, 0.1) is 0 Å². The molecule has 0 amide bonds. The van der Waals surface area contributed by atoms with E-state index in [9.17, 15) is 9.90 Å². The molecule has 0 radical (unpaired) electrons. The highest BCUT2D eigenvalue weighted by Crippen LogP contribution is 2.26. The molecule has 3 atom stereocenters. The number of alkyl halides is 1. The van der Waals surface area contributed by atoms with Gasteiger partial charge in [-0.15, -0.1) is 11.6 Å². The number of carbonyl (C=O) groups is 1. The van der Waals surface area contributed by atoms with E-state index in [4.69, 9.17) is 25.8 Å². The van der Waals surface area contributed by atoms with E-state index in [0.717, 1.165) is 0 Å². The van der Waals surface area contributed by atoms with Crippen LogP contribution in [0.1, 0.15) is 20.8 Å². The molecule has 0 aromatic rings. The molecule has 1 fully saturated rings. The summed E-state index contributed by atoms with van der Waals surface area (Å²) in [6, 6.07) is 0. The smallest absolute Gasteiger partial charge is 0.326 e. The number of aliphatic hydroxyl groups is 1. The predicted octanol–water partition coefficient (Wildman–Crippen LogP) is 0.669. The summed E-state index contributed by atoms with van der Waals surface area (Å²) < 4.78 is 15.4. The van der Waals surface area contributed by atoms with Gasteiger partial charge >= 0.3 is 5.97 Å². The van der Waals surface area contributed by atoms with Gasteiger partial charge in [0.05, 0.1) is 13.2 Å². The minimum atomic E-state index is -1.14. The first-order valence-electron chi connectivity index (χ1n) is 5.18. The fraction of sp³-hybridized carbons (Fsp3) is 0.900. The molecule has 1 aliphatic rings. The van der Waals surface area contributed by atoms with Crippen LogP contribution in [0.3, 0.4) is 0 Å². The second-order valence-electron chi connectivity index (χ2n) is 4.01. The van der Waals surface area contributed by atoms with Crippen molar-refractivity contribution in [2.45, 2.75) is 44.1 Å². The van der Waals surface area contributed by atoms with Crippen molar-refractivity contribution in [3.8, 4) is 0 Å². The van der Waals surface area contributed by atoms with Crippen LogP contribution in [0.15, 0.2) is 0 Å². The lowest BCUT2D eigenvalue weighted by Gasteiger charge is -2.22. The Bertz CT molecular complexity index is 256. The van der Waals surface area contributed by atoms with E-state index in [1.165, 1.54) is 0 Å². The molecular weight excluding hydrogens is 236 g/mol. The van der Waals surface area contributed by atoms with Gasteiger partial charge in [-0.3, -0.25) is 4.79 Å². The number of ether oxygens (including phenoxy) is 3. The molecule has 0 saturated carbocycles. The number of rotatable bonds is 4. The Morgan fingerprint density at radius 1 is 1.69 bits per heavy atom. The van der Waals surface area contributed by atoms with Gasteiger partial charge in [0.2, 0.25) is 0 Å². The van der Waals surface area contributed by atoms with Crippen LogP contribution in [0.4, 0.5) is 0 Å². The summed E-state index contributed by atoms with van der Waals surface area (Å²) in [7, 11) is 0. The standard InChI is InChI=1S/C10H17ClO5/c1-4-14-9(13)7(11)8(12)6-5-15-10(2,3)16-6/h6-8,12H,4-5H2,1-3H3. The normalized spacial score (nSPS) is 27.4. The number of halogens is 1. The van der Waals surface area contributed by atoms with Crippen LogP contribution < -0.4 is 0 Å². The van der Waals surface area contributed by atoms with E-state index in [1.807, 2.05) is 0 Å². The molecule has 0 aromatic heterocycles. The summed E-state index contributed by atoms with van der Waals surface area (Å²) in [4.78, 5) is 11.3.